The molecule has 0 aliphatic carbocycles. The summed E-state index contributed by atoms with van der Waals surface area (Å²) in [7, 11) is 0. The number of halogens is 1. The number of ether oxygens (including phenoxy) is 1. The van der Waals surface area contributed by atoms with E-state index in [0.29, 0.717) is 11.6 Å². The summed E-state index contributed by atoms with van der Waals surface area (Å²) in [5.41, 5.74) is 6.83. The number of rotatable bonds is 3. The van der Waals surface area contributed by atoms with E-state index in [1.807, 2.05) is 0 Å². The van der Waals surface area contributed by atoms with Gasteiger partial charge in [-0.3, -0.25) is 0 Å². The van der Waals surface area contributed by atoms with Gasteiger partial charge in [0.15, 0.2) is 0 Å². The third-order valence-electron chi connectivity index (χ3n) is 2.03. The second-order valence-electron chi connectivity index (χ2n) is 3.35. The van der Waals surface area contributed by atoms with Crippen molar-refractivity contribution in [3.8, 4) is 5.88 Å². The van der Waals surface area contributed by atoms with E-state index < -0.39 is 0 Å². The number of nitrogen functional groups attached to an aromatic ring is 1. The van der Waals surface area contributed by atoms with Gasteiger partial charge in [-0.1, -0.05) is 12.1 Å². The number of pyridine rings is 1. The zero-order valence-corrected chi connectivity index (χ0v) is 8.56. The van der Waals surface area contributed by atoms with Gasteiger partial charge in [0.25, 0.3) is 0 Å². The van der Waals surface area contributed by atoms with Crippen LogP contribution in [0.5, 0.6) is 5.88 Å². The van der Waals surface area contributed by atoms with Crippen molar-refractivity contribution in [2.45, 2.75) is 6.61 Å². The highest BCUT2D eigenvalue weighted by Crippen LogP contribution is 2.11. The van der Waals surface area contributed by atoms with Crippen LogP contribution in [0.1, 0.15) is 5.56 Å². The Morgan fingerprint density at radius 3 is 2.81 bits per heavy atom. The fourth-order valence-electron chi connectivity index (χ4n) is 1.26. The first-order valence-corrected chi connectivity index (χ1v) is 4.83. The summed E-state index contributed by atoms with van der Waals surface area (Å²) < 4.78 is 18.2. The van der Waals surface area contributed by atoms with Crippen molar-refractivity contribution in [2.75, 3.05) is 5.73 Å². The molecule has 2 N–H and O–H groups in total. The Labute approximate surface area is 92.7 Å². The molecule has 0 fully saturated rings. The van der Waals surface area contributed by atoms with Gasteiger partial charge < -0.3 is 10.5 Å². The van der Waals surface area contributed by atoms with Crippen LogP contribution < -0.4 is 10.5 Å². The van der Waals surface area contributed by atoms with Gasteiger partial charge in [0, 0.05) is 6.07 Å². The predicted molar refractivity (Wildman–Crippen MR) is 59.4 cm³/mol. The van der Waals surface area contributed by atoms with E-state index in [1.54, 1.807) is 24.3 Å². The molecule has 1 aromatic carbocycles. The summed E-state index contributed by atoms with van der Waals surface area (Å²) in [5, 5.41) is 0. The van der Waals surface area contributed by atoms with E-state index in [9.17, 15) is 4.39 Å². The lowest BCUT2D eigenvalue weighted by atomic mass is 10.2. The highest BCUT2D eigenvalue weighted by atomic mass is 19.1. The third kappa shape index (κ3) is 2.70. The van der Waals surface area contributed by atoms with Crippen molar-refractivity contribution >= 4 is 5.69 Å². The fraction of sp³-hybridized carbons (Fsp3) is 0.0833. The van der Waals surface area contributed by atoms with E-state index in [0.717, 1.165) is 5.56 Å². The molecule has 0 aliphatic heterocycles. The maximum atomic E-state index is 12.9. The first-order chi connectivity index (χ1) is 7.74. The summed E-state index contributed by atoms with van der Waals surface area (Å²) >= 11 is 0. The molecule has 0 bridgehead atoms. The Morgan fingerprint density at radius 2 is 2.12 bits per heavy atom. The highest BCUT2D eigenvalue weighted by molar-refractivity contribution is 5.36. The Balaban J connectivity index is 1.99. The number of aromatic nitrogens is 1. The van der Waals surface area contributed by atoms with Gasteiger partial charge in [0.1, 0.15) is 12.4 Å². The third-order valence-corrected chi connectivity index (χ3v) is 2.03. The van der Waals surface area contributed by atoms with E-state index in [-0.39, 0.29) is 12.4 Å². The topological polar surface area (TPSA) is 48.1 Å². The van der Waals surface area contributed by atoms with Gasteiger partial charge in [-0.2, -0.15) is 0 Å². The Bertz CT molecular complexity index is 471. The van der Waals surface area contributed by atoms with Crippen molar-refractivity contribution in [3.63, 3.8) is 0 Å². The zero-order chi connectivity index (χ0) is 11.4. The van der Waals surface area contributed by atoms with Crippen LogP contribution in [0, 0.1) is 5.82 Å². The molecule has 1 aromatic heterocycles. The monoisotopic (exact) mass is 218 g/mol. The highest BCUT2D eigenvalue weighted by Gasteiger charge is 1.98. The number of nitrogens with zero attached hydrogens (tertiary/aromatic N) is 1. The second kappa shape index (κ2) is 4.61. The van der Waals surface area contributed by atoms with Crippen LogP contribution >= 0.6 is 0 Å². The molecule has 4 heteroatoms. The predicted octanol–water partition coefficient (Wildman–Crippen LogP) is 2.38. The van der Waals surface area contributed by atoms with Crippen molar-refractivity contribution in [1.82, 2.24) is 4.98 Å². The standard InChI is InChI=1S/C12H11FN2O/c13-10-3-1-2-9(6-10)8-16-12-5-4-11(14)7-15-12/h1-7H,8,14H2. The molecule has 3 nitrogen and oxygen atoms in total. The van der Waals surface area contributed by atoms with Crippen molar-refractivity contribution in [2.24, 2.45) is 0 Å². The quantitative estimate of drug-likeness (QED) is 0.860. The molecule has 0 amide bonds. The minimum absolute atomic E-state index is 0.272. The molecule has 0 atom stereocenters. The van der Waals surface area contributed by atoms with Crippen molar-refractivity contribution < 1.29 is 9.13 Å². The number of benzene rings is 1. The molecule has 0 radical (unpaired) electrons. The number of anilines is 1. The van der Waals surface area contributed by atoms with Crippen LogP contribution in [0.4, 0.5) is 10.1 Å². The molecule has 0 saturated carbocycles. The lowest BCUT2D eigenvalue weighted by molar-refractivity contribution is 0.293. The molecular weight excluding hydrogens is 207 g/mol. The average molecular weight is 218 g/mol. The maximum absolute atomic E-state index is 12.9. The van der Waals surface area contributed by atoms with Gasteiger partial charge in [0.05, 0.1) is 11.9 Å². The Morgan fingerprint density at radius 1 is 1.25 bits per heavy atom. The molecule has 1 heterocycles. The van der Waals surface area contributed by atoms with Gasteiger partial charge in [-0.15, -0.1) is 0 Å². The Hall–Kier alpha value is -2.10. The summed E-state index contributed by atoms with van der Waals surface area (Å²) in [6, 6.07) is 9.63. The summed E-state index contributed by atoms with van der Waals surface area (Å²) in [6.07, 6.45) is 1.51. The molecule has 16 heavy (non-hydrogen) atoms. The average Bonchev–Trinajstić information content (AvgIpc) is 2.28. The van der Waals surface area contributed by atoms with Crippen LogP contribution in [0.2, 0.25) is 0 Å². The van der Waals surface area contributed by atoms with Gasteiger partial charge in [-0.05, 0) is 23.8 Å². The lowest BCUT2D eigenvalue weighted by Crippen LogP contribution is -1.98. The van der Waals surface area contributed by atoms with Crippen LogP contribution in [-0.2, 0) is 6.61 Å². The van der Waals surface area contributed by atoms with E-state index in [1.165, 1.54) is 18.3 Å². The van der Waals surface area contributed by atoms with Crippen molar-refractivity contribution in [3.05, 3.63) is 54.0 Å². The molecule has 0 unspecified atom stereocenters. The first kappa shape index (κ1) is 10.4. The zero-order valence-electron chi connectivity index (χ0n) is 8.56. The van der Waals surface area contributed by atoms with E-state index in [4.69, 9.17) is 10.5 Å². The first-order valence-electron chi connectivity index (χ1n) is 4.83. The molecule has 0 aliphatic rings. The van der Waals surface area contributed by atoms with Gasteiger partial charge >= 0.3 is 0 Å². The van der Waals surface area contributed by atoms with E-state index in [2.05, 4.69) is 4.98 Å². The summed E-state index contributed by atoms with van der Waals surface area (Å²) in [5.74, 6) is 0.199. The van der Waals surface area contributed by atoms with E-state index >= 15 is 0 Å². The molecule has 0 saturated heterocycles. The lowest BCUT2D eigenvalue weighted by Gasteiger charge is -2.05. The number of hydrogen-bond acceptors (Lipinski definition) is 3. The Kier molecular flexibility index (Phi) is 3.00. The van der Waals surface area contributed by atoms with Crippen LogP contribution in [0.3, 0.4) is 0 Å². The minimum atomic E-state index is -0.272. The minimum Gasteiger partial charge on any atom is -0.473 e. The summed E-state index contributed by atoms with van der Waals surface area (Å²) in [4.78, 5) is 3.97. The SMILES string of the molecule is Nc1ccc(OCc2cccc(F)c2)nc1. The number of hydrogen-bond donors (Lipinski definition) is 1. The molecule has 0 spiro atoms. The van der Waals surface area contributed by atoms with Gasteiger partial charge in [0.2, 0.25) is 5.88 Å². The van der Waals surface area contributed by atoms with Crippen LogP contribution in [-0.4, -0.2) is 4.98 Å². The summed E-state index contributed by atoms with van der Waals surface area (Å²) in [6.45, 7) is 0.286. The molecule has 2 rings (SSSR count). The largest absolute Gasteiger partial charge is 0.473 e. The smallest absolute Gasteiger partial charge is 0.213 e. The number of nitrogens with two attached hydrogens (primary N) is 1. The van der Waals surface area contributed by atoms with Crippen LogP contribution in [0.15, 0.2) is 42.6 Å². The van der Waals surface area contributed by atoms with Crippen molar-refractivity contribution in [1.29, 1.82) is 0 Å². The molecule has 82 valence electrons. The van der Waals surface area contributed by atoms with Gasteiger partial charge in [-0.25, -0.2) is 9.37 Å². The fourth-order valence-corrected chi connectivity index (χ4v) is 1.26. The maximum Gasteiger partial charge on any atom is 0.213 e. The van der Waals surface area contributed by atoms with Crippen LogP contribution in [0.25, 0.3) is 0 Å². The normalized spacial score (nSPS) is 10.1. The second-order valence-corrected chi connectivity index (χ2v) is 3.35. The molecular formula is C12H11FN2O. The molecule has 2 aromatic rings.